The molecule has 126 valence electrons. The average Bonchev–Trinajstić information content (AvgIpc) is 2.64. The quantitative estimate of drug-likeness (QED) is 0.685. The maximum absolute atomic E-state index is 13.0. The summed E-state index contributed by atoms with van der Waals surface area (Å²) >= 11 is 0. The van der Waals surface area contributed by atoms with Gasteiger partial charge < -0.3 is 10.8 Å². The number of pyridine rings is 1. The van der Waals surface area contributed by atoms with Gasteiger partial charge in [0.15, 0.2) is 5.65 Å². The monoisotopic (exact) mass is 335 g/mol. The first-order valence-corrected chi connectivity index (χ1v) is 7.92. The maximum Gasteiger partial charge on any atom is 0.278 e. The minimum atomic E-state index is -0.293. The molecule has 0 saturated carbocycles. The third-order valence-electron chi connectivity index (χ3n) is 3.92. The van der Waals surface area contributed by atoms with Gasteiger partial charge in [-0.1, -0.05) is 12.1 Å². The lowest BCUT2D eigenvalue weighted by Crippen LogP contribution is -2.25. The van der Waals surface area contributed by atoms with Gasteiger partial charge in [0.25, 0.3) is 5.56 Å². The predicted octanol–water partition coefficient (Wildman–Crippen LogP) is 1.68. The number of aliphatic hydroxyl groups excluding tert-OH is 1. The lowest BCUT2D eigenvalue weighted by Gasteiger charge is -2.12. The van der Waals surface area contributed by atoms with Crippen LogP contribution in [-0.4, -0.2) is 26.2 Å². The molecule has 7 nitrogen and oxygen atoms in total. The molecule has 0 saturated heterocycles. The number of nitrogens with zero attached hydrogens (tertiary/aromatic N) is 4. The van der Waals surface area contributed by atoms with Crippen molar-refractivity contribution in [2.24, 2.45) is 0 Å². The van der Waals surface area contributed by atoms with E-state index in [4.69, 9.17) is 16.1 Å². The lowest BCUT2D eigenvalue weighted by atomic mass is 10.1. The Hall–Kier alpha value is -3.24. The van der Waals surface area contributed by atoms with Crippen LogP contribution in [-0.2, 0) is 6.54 Å². The largest absolute Gasteiger partial charge is 0.397 e. The molecule has 0 spiro atoms. The van der Waals surface area contributed by atoms with Crippen LogP contribution in [0, 0.1) is 11.3 Å². The van der Waals surface area contributed by atoms with E-state index in [1.54, 1.807) is 30.3 Å². The predicted molar refractivity (Wildman–Crippen MR) is 94.7 cm³/mol. The fourth-order valence-corrected chi connectivity index (χ4v) is 2.67. The number of nitrogen functional groups attached to an aromatic ring is 1. The molecule has 1 aromatic carbocycles. The number of nitrogens with two attached hydrogens (primary N) is 1. The van der Waals surface area contributed by atoms with Crippen LogP contribution in [0.25, 0.3) is 22.4 Å². The second-order valence-corrected chi connectivity index (χ2v) is 5.61. The van der Waals surface area contributed by atoms with Gasteiger partial charge in [-0.15, -0.1) is 0 Å². The molecule has 0 atom stereocenters. The van der Waals surface area contributed by atoms with E-state index in [1.165, 1.54) is 10.8 Å². The van der Waals surface area contributed by atoms with E-state index in [9.17, 15) is 4.79 Å². The summed E-state index contributed by atoms with van der Waals surface area (Å²) in [6.07, 6.45) is 2.75. The highest BCUT2D eigenvalue weighted by atomic mass is 16.2. The van der Waals surface area contributed by atoms with Crippen LogP contribution in [0.2, 0.25) is 0 Å². The second-order valence-electron chi connectivity index (χ2n) is 5.61. The van der Waals surface area contributed by atoms with Gasteiger partial charge in [-0.2, -0.15) is 5.26 Å². The smallest absolute Gasteiger partial charge is 0.278 e. The zero-order valence-electron chi connectivity index (χ0n) is 13.5. The number of nitriles is 1. The summed E-state index contributed by atoms with van der Waals surface area (Å²) in [4.78, 5) is 21.6. The number of fused-ring (bicyclic) bond motifs is 1. The number of aryl methyl sites for hydroxylation is 1. The number of hydrogen-bond donors (Lipinski definition) is 2. The Kier molecular flexibility index (Phi) is 4.73. The number of aliphatic hydroxyl groups is 1. The molecular formula is C18H17N5O2. The number of unbranched alkanes of at least 4 members (excludes halogenated alkanes) is 1. The van der Waals surface area contributed by atoms with E-state index in [-0.39, 0.29) is 17.9 Å². The topological polar surface area (TPSA) is 118 Å². The molecule has 2 heterocycles. The fourth-order valence-electron chi connectivity index (χ4n) is 2.67. The first-order valence-electron chi connectivity index (χ1n) is 7.92. The van der Waals surface area contributed by atoms with Gasteiger partial charge >= 0.3 is 0 Å². The third-order valence-corrected chi connectivity index (χ3v) is 3.92. The Labute approximate surface area is 144 Å². The Balaban J connectivity index is 2.25. The number of benzene rings is 1. The SMILES string of the molecule is N#Cc1cccc(-c2nc3c(N)ccnc3n(CCCCO)c2=O)c1. The van der Waals surface area contributed by atoms with Crippen LogP contribution in [0.3, 0.4) is 0 Å². The lowest BCUT2D eigenvalue weighted by molar-refractivity contribution is 0.281. The van der Waals surface area contributed by atoms with Crippen molar-refractivity contribution < 1.29 is 5.11 Å². The van der Waals surface area contributed by atoms with Crippen LogP contribution in [0.4, 0.5) is 5.69 Å². The minimum absolute atomic E-state index is 0.0599. The number of anilines is 1. The van der Waals surface area contributed by atoms with Crippen LogP contribution in [0.5, 0.6) is 0 Å². The van der Waals surface area contributed by atoms with Crippen molar-refractivity contribution in [3.8, 4) is 17.3 Å². The molecule has 0 aliphatic rings. The average molecular weight is 335 g/mol. The van der Waals surface area contributed by atoms with E-state index in [0.717, 1.165) is 0 Å². The van der Waals surface area contributed by atoms with Crippen molar-refractivity contribution in [1.29, 1.82) is 5.26 Å². The molecule has 25 heavy (non-hydrogen) atoms. The molecule has 0 unspecified atom stereocenters. The van der Waals surface area contributed by atoms with E-state index in [1.807, 2.05) is 0 Å². The molecule has 3 aromatic rings. The Morgan fingerprint density at radius 2 is 2.12 bits per heavy atom. The van der Waals surface area contributed by atoms with Gasteiger partial charge in [-0.3, -0.25) is 9.36 Å². The normalized spacial score (nSPS) is 10.7. The molecule has 0 aliphatic heterocycles. The van der Waals surface area contributed by atoms with Crippen molar-refractivity contribution >= 4 is 16.9 Å². The molecule has 3 N–H and O–H groups in total. The van der Waals surface area contributed by atoms with E-state index < -0.39 is 0 Å². The molecule has 2 aromatic heterocycles. The van der Waals surface area contributed by atoms with Crippen molar-refractivity contribution in [2.75, 3.05) is 12.3 Å². The molecule has 0 bridgehead atoms. The summed E-state index contributed by atoms with van der Waals surface area (Å²) in [6.45, 7) is 0.463. The fraction of sp³-hybridized carbons (Fsp3) is 0.222. The van der Waals surface area contributed by atoms with Crippen molar-refractivity contribution in [3.05, 3.63) is 52.4 Å². The van der Waals surface area contributed by atoms with Gasteiger partial charge in [0, 0.05) is 24.9 Å². The van der Waals surface area contributed by atoms with Crippen LogP contribution < -0.4 is 11.3 Å². The highest BCUT2D eigenvalue weighted by molar-refractivity contribution is 5.85. The van der Waals surface area contributed by atoms with Gasteiger partial charge in [0.1, 0.15) is 11.2 Å². The Morgan fingerprint density at radius 1 is 1.28 bits per heavy atom. The third kappa shape index (κ3) is 3.20. The van der Waals surface area contributed by atoms with Crippen LogP contribution >= 0.6 is 0 Å². The van der Waals surface area contributed by atoms with Gasteiger partial charge in [0.2, 0.25) is 0 Å². The maximum atomic E-state index is 13.0. The Bertz CT molecular complexity index is 1020. The number of rotatable bonds is 5. The molecule has 0 fully saturated rings. The van der Waals surface area contributed by atoms with Crippen molar-refractivity contribution in [3.63, 3.8) is 0 Å². The Morgan fingerprint density at radius 3 is 2.88 bits per heavy atom. The van der Waals surface area contributed by atoms with E-state index in [2.05, 4.69) is 16.0 Å². The summed E-state index contributed by atoms with van der Waals surface area (Å²) < 4.78 is 1.53. The number of aromatic nitrogens is 3. The molecular weight excluding hydrogens is 318 g/mol. The van der Waals surface area contributed by atoms with Crippen molar-refractivity contribution in [2.45, 2.75) is 19.4 Å². The highest BCUT2D eigenvalue weighted by Crippen LogP contribution is 2.21. The molecule has 0 radical (unpaired) electrons. The molecule has 7 heteroatoms. The first-order chi connectivity index (χ1) is 12.2. The van der Waals surface area contributed by atoms with Crippen molar-refractivity contribution in [1.82, 2.24) is 14.5 Å². The minimum Gasteiger partial charge on any atom is -0.397 e. The zero-order valence-corrected chi connectivity index (χ0v) is 13.5. The van der Waals surface area contributed by atoms with Gasteiger partial charge in [-0.05, 0) is 31.0 Å². The summed E-state index contributed by atoms with van der Waals surface area (Å²) in [5.74, 6) is 0. The highest BCUT2D eigenvalue weighted by Gasteiger charge is 2.15. The molecule has 0 aliphatic carbocycles. The van der Waals surface area contributed by atoms with Crippen LogP contribution in [0.15, 0.2) is 41.3 Å². The van der Waals surface area contributed by atoms with E-state index >= 15 is 0 Å². The first kappa shape index (κ1) is 16.6. The standard InChI is InChI=1S/C18H17N5O2/c19-11-12-4-3-5-13(10-12)15-18(25)23(8-1-2-9-24)17-16(22-15)14(20)6-7-21-17/h3-7,10,24H,1-2,8-9H2,(H2,20,21). The van der Waals surface area contributed by atoms with Crippen LogP contribution in [0.1, 0.15) is 18.4 Å². The van der Waals surface area contributed by atoms with Gasteiger partial charge in [0.05, 0.1) is 17.3 Å². The molecule has 0 amide bonds. The number of hydrogen-bond acceptors (Lipinski definition) is 6. The zero-order chi connectivity index (χ0) is 17.8. The summed E-state index contributed by atoms with van der Waals surface area (Å²) in [5, 5.41) is 18.1. The summed E-state index contributed by atoms with van der Waals surface area (Å²) in [6, 6.07) is 10.4. The summed E-state index contributed by atoms with van der Waals surface area (Å²) in [5.41, 5.74) is 8.27. The van der Waals surface area contributed by atoms with E-state index in [0.29, 0.717) is 47.4 Å². The van der Waals surface area contributed by atoms with Gasteiger partial charge in [-0.25, -0.2) is 9.97 Å². The summed E-state index contributed by atoms with van der Waals surface area (Å²) in [7, 11) is 0. The molecule has 3 rings (SSSR count). The second kappa shape index (κ2) is 7.11.